The van der Waals surface area contributed by atoms with Crippen molar-refractivity contribution >= 4 is 29.1 Å². The van der Waals surface area contributed by atoms with E-state index in [1.807, 2.05) is 13.0 Å². The predicted octanol–water partition coefficient (Wildman–Crippen LogP) is 2.80. The summed E-state index contributed by atoms with van der Waals surface area (Å²) in [5.41, 5.74) is 0.947. The van der Waals surface area contributed by atoms with Gasteiger partial charge in [0.2, 0.25) is 5.91 Å². The summed E-state index contributed by atoms with van der Waals surface area (Å²) in [6.07, 6.45) is 0.826. The monoisotopic (exact) mass is 318 g/mol. The molecule has 1 rings (SSSR count). The van der Waals surface area contributed by atoms with Crippen LogP contribution in [0.15, 0.2) is 18.2 Å². The smallest absolute Gasteiger partial charge is 0.234 e. The van der Waals surface area contributed by atoms with Crippen molar-refractivity contribution in [1.82, 2.24) is 10.6 Å². The molecule has 112 valence electrons. The molecule has 6 heteroatoms. The third kappa shape index (κ3) is 5.67. The van der Waals surface area contributed by atoms with Crippen LogP contribution in [-0.4, -0.2) is 32.7 Å². The van der Waals surface area contributed by atoms with E-state index in [4.69, 9.17) is 27.9 Å². The van der Waals surface area contributed by atoms with E-state index in [9.17, 15) is 4.79 Å². The molecule has 0 saturated heterocycles. The van der Waals surface area contributed by atoms with Crippen LogP contribution in [0.25, 0.3) is 0 Å². The zero-order valence-corrected chi connectivity index (χ0v) is 13.2. The van der Waals surface area contributed by atoms with Gasteiger partial charge in [0, 0.05) is 29.7 Å². The molecule has 20 heavy (non-hydrogen) atoms. The highest BCUT2D eigenvalue weighted by atomic mass is 35.5. The normalized spacial score (nSPS) is 12.2. The number of hydrogen-bond acceptors (Lipinski definition) is 3. The standard InChI is InChI=1S/C14H20Cl2N2O2/c1-3-13(11-5-4-10(15)8-12(11)16)18-9-14(19)17-6-7-20-2/h4-5,8,13,18H,3,6-7,9H2,1-2H3,(H,17,19). The molecule has 0 bridgehead atoms. The molecule has 0 spiro atoms. The summed E-state index contributed by atoms with van der Waals surface area (Å²) in [4.78, 5) is 11.6. The summed E-state index contributed by atoms with van der Waals surface area (Å²) in [6, 6.07) is 5.41. The maximum atomic E-state index is 11.6. The highest BCUT2D eigenvalue weighted by Gasteiger charge is 2.14. The molecule has 0 aliphatic carbocycles. The molecule has 0 radical (unpaired) electrons. The summed E-state index contributed by atoms with van der Waals surface area (Å²) >= 11 is 12.1. The molecule has 1 amide bonds. The quantitative estimate of drug-likeness (QED) is 0.725. The Hall–Kier alpha value is -0.810. The van der Waals surface area contributed by atoms with Gasteiger partial charge in [0.05, 0.1) is 13.2 Å². The molecule has 0 saturated carbocycles. The number of methoxy groups -OCH3 is 1. The van der Waals surface area contributed by atoms with E-state index >= 15 is 0 Å². The van der Waals surface area contributed by atoms with Crippen LogP contribution >= 0.6 is 23.2 Å². The van der Waals surface area contributed by atoms with Crippen molar-refractivity contribution in [1.29, 1.82) is 0 Å². The third-order valence-corrected chi connectivity index (χ3v) is 3.45. The van der Waals surface area contributed by atoms with Gasteiger partial charge in [0.25, 0.3) is 0 Å². The van der Waals surface area contributed by atoms with E-state index < -0.39 is 0 Å². The maximum absolute atomic E-state index is 11.6. The molecular weight excluding hydrogens is 299 g/mol. The van der Waals surface area contributed by atoms with Crippen LogP contribution in [0.2, 0.25) is 10.0 Å². The number of amides is 1. The highest BCUT2D eigenvalue weighted by molar-refractivity contribution is 6.35. The van der Waals surface area contributed by atoms with E-state index in [0.29, 0.717) is 23.2 Å². The Morgan fingerprint density at radius 1 is 1.40 bits per heavy atom. The minimum Gasteiger partial charge on any atom is -0.383 e. The number of rotatable bonds is 8. The average molecular weight is 319 g/mol. The minimum atomic E-state index is -0.0643. The number of nitrogens with one attached hydrogen (secondary N) is 2. The van der Waals surface area contributed by atoms with Gasteiger partial charge in [-0.25, -0.2) is 0 Å². The van der Waals surface area contributed by atoms with E-state index in [-0.39, 0.29) is 18.5 Å². The number of ether oxygens (including phenoxy) is 1. The lowest BCUT2D eigenvalue weighted by atomic mass is 10.0. The van der Waals surface area contributed by atoms with E-state index in [1.54, 1.807) is 19.2 Å². The first-order valence-electron chi connectivity index (χ1n) is 6.52. The van der Waals surface area contributed by atoms with Gasteiger partial charge in [0.15, 0.2) is 0 Å². The van der Waals surface area contributed by atoms with Crippen molar-refractivity contribution in [3.05, 3.63) is 33.8 Å². The Kier molecular flexibility index (Phi) is 7.92. The van der Waals surface area contributed by atoms with Crippen LogP contribution in [-0.2, 0) is 9.53 Å². The van der Waals surface area contributed by atoms with E-state index in [0.717, 1.165) is 12.0 Å². The number of carbonyl (C=O) groups excluding carboxylic acids is 1. The lowest BCUT2D eigenvalue weighted by Gasteiger charge is -2.18. The van der Waals surface area contributed by atoms with E-state index in [2.05, 4.69) is 10.6 Å². The predicted molar refractivity (Wildman–Crippen MR) is 82.4 cm³/mol. The zero-order valence-electron chi connectivity index (χ0n) is 11.7. The molecular formula is C14H20Cl2N2O2. The molecule has 1 aromatic rings. The number of hydrogen-bond donors (Lipinski definition) is 2. The highest BCUT2D eigenvalue weighted by Crippen LogP contribution is 2.27. The summed E-state index contributed by atoms with van der Waals surface area (Å²) in [5, 5.41) is 7.16. The van der Waals surface area contributed by atoms with E-state index in [1.165, 1.54) is 0 Å². The first-order chi connectivity index (χ1) is 9.58. The van der Waals surface area contributed by atoms with Crippen LogP contribution in [0.1, 0.15) is 24.9 Å². The summed E-state index contributed by atoms with van der Waals surface area (Å²) in [5.74, 6) is -0.0643. The number of halogens is 2. The third-order valence-electron chi connectivity index (χ3n) is 2.88. The molecule has 1 atom stereocenters. The molecule has 4 nitrogen and oxygen atoms in total. The van der Waals surface area contributed by atoms with Crippen LogP contribution in [0.3, 0.4) is 0 Å². The summed E-state index contributed by atoms with van der Waals surface area (Å²) < 4.78 is 4.87. The average Bonchev–Trinajstić information content (AvgIpc) is 2.41. The molecule has 0 fully saturated rings. The lowest BCUT2D eigenvalue weighted by Crippen LogP contribution is -2.37. The molecule has 1 unspecified atom stereocenters. The maximum Gasteiger partial charge on any atom is 0.234 e. The van der Waals surface area contributed by atoms with Crippen LogP contribution in [0, 0.1) is 0 Å². The van der Waals surface area contributed by atoms with Gasteiger partial charge in [-0.2, -0.15) is 0 Å². The Bertz CT molecular complexity index is 441. The first-order valence-corrected chi connectivity index (χ1v) is 7.28. The largest absolute Gasteiger partial charge is 0.383 e. The minimum absolute atomic E-state index is 0.0212. The van der Waals surface area contributed by atoms with Gasteiger partial charge in [-0.15, -0.1) is 0 Å². The molecule has 2 N–H and O–H groups in total. The second-order valence-electron chi connectivity index (χ2n) is 4.35. The van der Waals surface area contributed by atoms with Gasteiger partial charge >= 0.3 is 0 Å². The van der Waals surface area contributed by atoms with Crippen LogP contribution in [0.4, 0.5) is 0 Å². The Balaban J connectivity index is 2.52. The van der Waals surface area contributed by atoms with Gasteiger partial charge < -0.3 is 15.4 Å². The van der Waals surface area contributed by atoms with Gasteiger partial charge in [-0.3, -0.25) is 4.79 Å². The van der Waals surface area contributed by atoms with Crippen molar-refractivity contribution in [3.8, 4) is 0 Å². The van der Waals surface area contributed by atoms with Crippen LogP contribution in [0.5, 0.6) is 0 Å². The lowest BCUT2D eigenvalue weighted by molar-refractivity contribution is -0.120. The summed E-state index contributed by atoms with van der Waals surface area (Å²) in [6.45, 7) is 3.29. The van der Waals surface area contributed by atoms with Gasteiger partial charge in [0.1, 0.15) is 0 Å². The van der Waals surface area contributed by atoms with Crippen LogP contribution < -0.4 is 10.6 Å². The zero-order chi connectivity index (χ0) is 15.0. The van der Waals surface area contributed by atoms with Crippen molar-refractivity contribution < 1.29 is 9.53 Å². The fourth-order valence-electron chi connectivity index (χ4n) is 1.83. The first kappa shape index (κ1) is 17.2. The Morgan fingerprint density at radius 2 is 2.15 bits per heavy atom. The Morgan fingerprint density at radius 3 is 2.75 bits per heavy atom. The van der Waals surface area contributed by atoms with Crippen molar-refractivity contribution in [2.75, 3.05) is 26.8 Å². The molecule has 0 aliphatic heterocycles. The topological polar surface area (TPSA) is 50.4 Å². The van der Waals surface area contributed by atoms with Crippen molar-refractivity contribution in [2.24, 2.45) is 0 Å². The number of carbonyl (C=O) groups is 1. The Labute approximate surface area is 129 Å². The summed E-state index contributed by atoms with van der Waals surface area (Å²) in [7, 11) is 1.60. The van der Waals surface area contributed by atoms with Crippen molar-refractivity contribution in [3.63, 3.8) is 0 Å². The van der Waals surface area contributed by atoms with Crippen molar-refractivity contribution in [2.45, 2.75) is 19.4 Å². The molecule has 0 aliphatic rings. The fourth-order valence-corrected chi connectivity index (χ4v) is 2.37. The SMILES string of the molecule is CCC(NCC(=O)NCCOC)c1ccc(Cl)cc1Cl. The molecule has 0 heterocycles. The second kappa shape index (κ2) is 9.19. The fraction of sp³-hybridized carbons (Fsp3) is 0.500. The molecule has 1 aromatic carbocycles. The second-order valence-corrected chi connectivity index (χ2v) is 5.19. The van der Waals surface area contributed by atoms with Gasteiger partial charge in [-0.1, -0.05) is 36.2 Å². The number of benzene rings is 1. The molecule has 0 aromatic heterocycles. The van der Waals surface area contributed by atoms with Gasteiger partial charge in [-0.05, 0) is 24.1 Å².